The third kappa shape index (κ3) is 2.74. The van der Waals surface area contributed by atoms with E-state index in [9.17, 15) is 4.79 Å². The summed E-state index contributed by atoms with van der Waals surface area (Å²) in [5, 5.41) is 3.35. The van der Waals surface area contributed by atoms with Crippen LogP contribution < -0.4 is 5.32 Å². The van der Waals surface area contributed by atoms with Gasteiger partial charge in [0.1, 0.15) is 0 Å². The van der Waals surface area contributed by atoms with Gasteiger partial charge in [-0.05, 0) is 19.8 Å². The highest BCUT2D eigenvalue weighted by Crippen LogP contribution is 2.19. The van der Waals surface area contributed by atoms with Gasteiger partial charge >= 0.3 is 0 Å². The number of nitrogens with zero attached hydrogens (tertiary/aromatic N) is 1. The fraction of sp³-hybridized carbons (Fsp3) is 0.917. The average molecular weight is 228 g/mol. The number of hydrogen-bond donors (Lipinski definition) is 1. The highest BCUT2D eigenvalue weighted by molar-refractivity contribution is 5.84. The Bertz CT molecular complexity index is 245. The first-order valence-electron chi connectivity index (χ1n) is 6.10. The zero-order valence-corrected chi connectivity index (χ0v) is 11.0. The first-order chi connectivity index (χ1) is 7.51. The summed E-state index contributed by atoms with van der Waals surface area (Å²) < 4.78 is 5.21. The molecule has 1 heterocycles. The van der Waals surface area contributed by atoms with Crippen LogP contribution in [-0.2, 0) is 9.53 Å². The molecule has 0 saturated carbocycles. The molecule has 1 N–H and O–H groups in total. The number of methoxy groups -OCH3 is 1. The molecule has 0 aromatic carbocycles. The van der Waals surface area contributed by atoms with Gasteiger partial charge in [0.15, 0.2) is 0 Å². The molecular formula is C12H24N2O2. The normalized spacial score (nSPS) is 29.6. The van der Waals surface area contributed by atoms with Gasteiger partial charge in [-0.15, -0.1) is 0 Å². The van der Waals surface area contributed by atoms with Crippen LogP contribution in [0.2, 0.25) is 0 Å². The molecule has 1 fully saturated rings. The van der Waals surface area contributed by atoms with E-state index >= 15 is 0 Å². The van der Waals surface area contributed by atoms with Crippen LogP contribution in [0.1, 0.15) is 34.1 Å². The standard InChI is InChI=1S/C12H24N2O2/c1-6-8(2)11-12(15)14(10(4)13-11)7-9(3)16-5/h8-11,13H,6-7H2,1-5H3. The van der Waals surface area contributed by atoms with E-state index in [1.54, 1.807) is 7.11 Å². The predicted molar refractivity (Wildman–Crippen MR) is 64.0 cm³/mol. The third-order valence-corrected chi connectivity index (χ3v) is 3.51. The predicted octanol–water partition coefficient (Wildman–Crippen LogP) is 1.21. The number of carbonyl (C=O) groups excluding carboxylic acids is 1. The maximum absolute atomic E-state index is 12.2. The third-order valence-electron chi connectivity index (χ3n) is 3.51. The first-order valence-corrected chi connectivity index (χ1v) is 6.10. The van der Waals surface area contributed by atoms with Crippen molar-refractivity contribution in [1.29, 1.82) is 0 Å². The van der Waals surface area contributed by atoms with Crippen molar-refractivity contribution >= 4 is 5.91 Å². The number of carbonyl (C=O) groups is 1. The van der Waals surface area contributed by atoms with E-state index in [1.807, 2.05) is 18.7 Å². The number of hydrogen-bond acceptors (Lipinski definition) is 3. The van der Waals surface area contributed by atoms with Crippen LogP contribution in [0.15, 0.2) is 0 Å². The zero-order valence-electron chi connectivity index (χ0n) is 11.0. The molecule has 1 aliphatic heterocycles. The Morgan fingerprint density at radius 3 is 2.62 bits per heavy atom. The highest BCUT2D eigenvalue weighted by Gasteiger charge is 2.39. The van der Waals surface area contributed by atoms with Crippen molar-refractivity contribution in [1.82, 2.24) is 10.2 Å². The molecule has 0 aliphatic carbocycles. The van der Waals surface area contributed by atoms with Gasteiger partial charge < -0.3 is 9.64 Å². The second-order valence-corrected chi connectivity index (χ2v) is 4.74. The molecule has 0 spiro atoms. The molecule has 94 valence electrons. The minimum absolute atomic E-state index is 0.0240. The van der Waals surface area contributed by atoms with E-state index in [-0.39, 0.29) is 24.2 Å². The molecule has 4 nitrogen and oxygen atoms in total. The van der Waals surface area contributed by atoms with Gasteiger partial charge in [-0.3, -0.25) is 10.1 Å². The van der Waals surface area contributed by atoms with Crippen LogP contribution in [0.3, 0.4) is 0 Å². The summed E-state index contributed by atoms with van der Waals surface area (Å²) in [6, 6.07) is -0.0240. The Morgan fingerprint density at radius 2 is 2.12 bits per heavy atom. The molecule has 0 aromatic rings. The maximum atomic E-state index is 12.2. The lowest BCUT2D eigenvalue weighted by Gasteiger charge is -2.24. The highest BCUT2D eigenvalue weighted by atomic mass is 16.5. The second kappa shape index (κ2) is 5.64. The Balaban J connectivity index is 2.63. The summed E-state index contributed by atoms with van der Waals surface area (Å²) >= 11 is 0. The van der Waals surface area contributed by atoms with Crippen molar-refractivity contribution in [2.75, 3.05) is 13.7 Å². The Hall–Kier alpha value is -0.610. The number of rotatable bonds is 5. The molecule has 0 bridgehead atoms. The van der Waals surface area contributed by atoms with E-state index in [0.717, 1.165) is 6.42 Å². The van der Waals surface area contributed by atoms with E-state index in [2.05, 4.69) is 19.2 Å². The summed E-state index contributed by atoms with van der Waals surface area (Å²) in [6.07, 6.45) is 1.22. The van der Waals surface area contributed by atoms with E-state index in [4.69, 9.17) is 4.74 Å². The van der Waals surface area contributed by atoms with E-state index in [1.165, 1.54) is 0 Å². The Labute approximate surface area is 98.3 Å². The fourth-order valence-electron chi connectivity index (χ4n) is 2.03. The maximum Gasteiger partial charge on any atom is 0.241 e. The molecule has 16 heavy (non-hydrogen) atoms. The lowest BCUT2D eigenvalue weighted by atomic mass is 9.99. The van der Waals surface area contributed by atoms with Crippen molar-refractivity contribution in [3.8, 4) is 0 Å². The lowest BCUT2D eigenvalue weighted by Crippen LogP contribution is -2.40. The smallest absolute Gasteiger partial charge is 0.241 e. The summed E-state index contributed by atoms with van der Waals surface area (Å²) in [4.78, 5) is 14.1. The van der Waals surface area contributed by atoms with Gasteiger partial charge in [-0.25, -0.2) is 0 Å². The molecule has 1 saturated heterocycles. The van der Waals surface area contributed by atoms with Crippen molar-refractivity contribution < 1.29 is 9.53 Å². The Kier molecular flexibility index (Phi) is 4.74. The molecule has 4 heteroatoms. The molecule has 1 aliphatic rings. The molecule has 0 aromatic heterocycles. The van der Waals surface area contributed by atoms with Gasteiger partial charge in [0.2, 0.25) is 5.91 Å². The molecule has 4 atom stereocenters. The minimum Gasteiger partial charge on any atom is -0.380 e. The van der Waals surface area contributed by atoms with Gasteiger partial charge in [0.05, 0.1) is 18.3 Å². The lowest BCUT2D eigenvalue weighted by molar-refractivity contribution is -0.132. The van der Waals surface area contributed by atoms with E-state index in [0.29, 0.717) is 12.5 Å². The van der Waals surface area contributed by atoms with Gasteiger partial charge in [0, 0.05) is 13.7 Å². The summed E-state index contributed by atoms with van der Waals surface area (Å²) in [6.45, 7) is 8.91. The first kappa shape index (κ1) is 13.5. The zero-order chi connectivity index (χ0) is 12.3. The summed E-state index contributed by atoms with van der Waals surface area (Å²) in [5.41, 5.74) is 0. The number of amides is 1. The van der Waals surface area contributed by atoms with Gasteiger partial charge in [-0.2, -0.15) is 0 Å². The quantitative estimate of drug-likeness (QED) is 0.769. The fourth-order valence-corrected chi connectivity index (χ4v) is 2.03. The van der Waals surface area contributed by atoms with Crippen LogP contribution in [-0.4, -0.2) is 42.8 Å². The van der Waals surface area contributed by atoms with Crippen LogP contribution in [0.5, 0.6) is 0 Å². The number of nitrogens with one attached hydrogen (secondary N) is 1. The number of ether oxygens (including phenoxy) is 1. The SMILES string of the molecule is CCC(C)C1NC(C)N(CC(C)OC)C1=O. The monoisotopic (exact) mass is 228 g/mol. The van der Waals surface area contributed by atoms with Crippen LogP contribution in [0, 0.1) is 5.92 Å². The van der Waals surface area contributed by atoms with E-state index < -0.39 is 0 Å². The molecule has 4 unspecified atom stereocenters. The van der Waals surface area contributed by atoms with Crippen LogP contribution in [0.25, 0.3) is 0 Å². The largest absolute Gasteiger partial charge is 0.380 e. The van der Waals surface area contributed by atoms with Crippen molar-refractivity contribution in [3.63, 3.8) is 0 Å². The summed E-state index contributed by atoms with van der Waals surface area (Å²) in [7, 11) is 1.68. The molecule has 0 radical (unpaired) electrons. The van der Waals surface area contributed by atoms with Crippen LogP contribution in [0.4, 0.5) is 0 Å². The average Bonchev–Trinajstić information content (AvgIpc) is 2.55. The van der Waals surface area contributed by atoms with Crippen molar-refractivity contribution in [2.45, 2.75) is 52.4 Å². The minimum atomic E-state index is -0.0240. The van der Waals surface area contributed by atoms with Crippen molar-refractivity contribution in [2.24, 2.45) is 5.92 Å². The Morgan fingerprint density at radius 1 is 1.50 bits per heavy atom. The molecular weight excluding hydrogens is 204 g/mol. The molecule has 1 rings (SSSR count). The second-order valence-electron chi connectivity index (χ2n) is 4.74. The van der Waals surface area contributed by atoms with Gasteiger partial charge in [0.25, 0.3) is 0 Å². The van der Waals surface area contributed by atoms with Crippen LogP contribution >= 0.6 is 0 Å². The topological polar surface area (TPSA) is 41.6 Å². The van der Waals surface area contributed by atoms with Gasteiger partial charge in [-0.1, -0.05) is 20.3 Å². The summed E-state index contributed by atoms with van der Waals surface area (Å²) in [5.74, 6) is 0.601. The molecule has 1 amide bonds. The van der Waals surface area contributed by atoms with Crippen molar-refractivity contribution in [3.05, 3.63) is 0 Å².